The molecule has 0 aromatic rings. The van der Waals surface area contributed by atoms with Gasteiger partial charge in [-0.1, -0.05) is 97.8 Å². The van der Waals surface area contributed by atoms with Crippen molar-refractivity contribution in [1.29, 1.82) is 0 Å². The minimum Gasteiger partial charge on any atom is -0.368 e. The molecular formula is C33H63N5O4. The Morgan fingerprint density at radius 3 is 1.88 bits per heavy atom. The smallest absolute Gasteiger partial charge is 0.245 e. The molecule has 1 aliphatic heterocycles. The lowest BCUT2D eigenvalue weighted by Gasteiger charge is -2.30. The van der Waals surface area contributed by atoms with E-state index in [4.69, 9.17) is 11.5 Å². The van der Waals surface area contributed by atoms with E-state index >= 15 is 0 Å². The van der Waals surface area contributed by atoms with E-state index in [1.165, 1.54) is 64.2 Å². The van der Waals surface area contributed by atoms with Gasteiger partial charge in [0.25, 0.3) is 0 Å². The molecule has 6 N–H and O–H groups in total. The van der Waals surface area contributed by atoms with Crippen LogP contribution in [0, 0.1) is 5.92 Å². The van der Waals surface area contributed by atoms with Crippen molar-refractivity contribution >= 4 is 23.6 Å². The average Bonchev–Trinajstić information content (AvgIpc) is 3.44. The summed E-state index contributed by atoms with van der Waals surface area (Å²) < 4.78 is 0. The number of carbonyl (C=O) groups is 4. The van der Waals surface area contributed by atoms with E-state index in [2.05, 4.69) is 17.6 Å². The average molecular weight is 594 g/mol. The van der Waals surface area contributed by atoms with E-state index in [0.717, 1.165) is 32.1 Å². The van der Waals surface area contributed by atoms with Crippen molar-refractivity contribution in [2.24, 2.45) is 17.4 Å². The first kappa shape index (κ1) is 37.9. The van der Waals surface area contributed by atoms with E-state index in [0.29, 0.717) is 45.2 Å². The van der Waals surface area contributed by atoms with Crippen molar-refractivity contribution in [3.05, 3.63) is 0 Å². The van der Waals surface area contributed by atoms with Gasteiger partial charge in [-0.3, -0.25) is 19.2 Å². The molecule has 1 fully saturated rings. The molecule has 244 valence electrons. The van der Waals surface area contributed by atoms with Crippen molar-refractivity contribution in [3.63, 3.8) is 0 Å². The first-order chi connectivity index (χ1) is 20.2. The summed E-state index contributed by atoms with van der Waals surface area (Å²) in [5, 5.41) is 5.73. The fraction of sp³-hybridized carbons (Fsp3) is 0.879. The highest BCUT2D eigenvalue weighted by Crippen LogP contribution is 2.21. The largest absolute Gasteiger partial charge is 0.368 e. The zero-order chi connectivity index (χ0) is 31.2. The molecule has 9 heteroatoms. The van der Waals surface area contributed by atoms with E-state index < -0.39 is 24.0 Å². The van der Waals surface area contributed by atoms with Crippen LogP contribution in [0.25, 0.3) is 0 Å². The summed E-state index contributed by atoms with van der Waals surface area (Å²) in [6.07, 6.45) is 20.2. The quantitative estimate of drug-likeness (QED) is 0.109. The monoisotopic (exact) mass is 593 g/mol. The predicted molar refractivity (Wildman–Crippen MR) is 170 cm³/mol. The van der Waals surface area contributed by atoms with Gasteiger partial charge in [-0.05, 0) is 57.4 Å². The molecule has 0 aromatic heterocycles. The lowest BCUT2D eigenvalue weighted by atomic mass is 10.0. The number of nitrogens with zero attached hydrogens (tertiary/aromatic N) is 1. The van der Waals surface area contributed by atoms with Gasteiger partial charge in [0, 0.05) is 13.0 Å². The molecule has 0 aliphatic carbocycles. The van der Waals surface area contributed by atoms with Crippen LogP contribution in [-0.4, -0.2) is 59.7 Å². The molecule has 4 amide bonds. The van der Waals surface area contributed by atoms with E-state index in [1.807, 2.05) is 13.8 Å². The highest BCUT2D eigenvalue weighted by molar-refractivity contribution is 5.94. The fourth-order valence-electron chi connectivity index (χ4n) is 5.81. The number of nitrogens with one attached hydrogen (secondary N) is 2. The van der Waals surface area contributed by atoms with Crippen LogP contribution in [-0.2, 0) is 19.2 Å². The van der Waals surface area contributed by atoms with Gasteiger partial charge in [-0.15, -0.1) is 0 Å². The second kappa shape index (κ2) is 23.3. The van der Waals surface area contributed by atoms with Crippen LogP contribution in [0.1, 0.15) is 149 Å². The lowest BCUT2D eigenvalue weighted by molar-refractivity contribution is -0.142. The van der Waals surface area contributed by atoms with Crippen molar-refractivity contribution in [2.45, 2.75) is 167 Å². The maximum Gasteiger partial charge on any atom is 0.245 e. The molecule has 3 atom stereocenters. The van der Waals surface area contributed by atoms with Crippen molar-refractivity contribution in [2.75, 3.05) is 13.1 Å². The SMILES string of the molecule is CCCCCCCCCCCCCCCC(=O)N[C@@H](CCCCN)C(=O)N1CCC[C@H]1C(=O)N[C@@H](CC(C)C)C(N)=O. The zero-order valence-electron chi connectivity index (χ0n) is 27.1. The minimum atomic E-state index is -0.768. The predicted octanol–water partition coefficient (Wildman–Crippen LogP) is 5.09. The zero-order valence-corrected chi connectivity index (χ0v) is 27.1. The standard InChI is InChI=1S/C33H63N5O4/c1-4-5-6-7-8-9-10-11-12-13-14-15-16-22-30(39)36-27(20-17-18-23-34)33(42)38-24-19-21-29(38)32(41)37-28(31(35)40)25-26(2)3/h26-29H,4-25,34H2,1-3H3,(H2,35,40)(H,36,39)(H,37,41)/t27-,28-,29-/m0/s1. The Bertz CT molecular complexity index is 776. The summed E-state index contributed by atoms with van der Waals surface area (Å²) in [7, 11) is 0. The third-order valence-corrected chi connectivity index (χ3v) is 8.29. The molecule has 0 aromatic carbocycles. The molecular weight excluding hydrogens is 530 g/mol. The third kappa shape index (κ3) is 16.5. The molecule has 0 bridgehead atoms. The van der Waals surface area contributed by atoms with Crippen LogP contribution in [0.3, 0.4) is 0 Å². The number of likely N-dealkylation sites (tertiary alicyclic amines) is 1. The van der Waals surface area contributed by atoms with Crippen LogP contribution in [0.15, 0.2) is 0 Å². The molecule has 0 saturated carbocycles. The van der Waals surface area contributed by atoms with Crippen molar-refractivity contribution < 1.29 is 19.2 Å². The maximum atomic E-state index is 13.6. The summed E-state index contributed by atoms with van der Waals surface area (Å²) in [4.78, 5) is 52.9. The van der Waals surface area contributed by atoms with Crippen LogP contribution < -0.4 is 22.1 Å². The van der Waals surface area contributed by atoms with Gasteiger partial charge in [-0.25, -0.2) is 0 Å². The maximum absolute atomic E-state index is 13.6. The minimum absolute atomic E-state index is 0.116. The Morgan fingerprint density at radius 1 is 0.786 bits per heavy atom. The molecule has 1 saturated heterocycles. The normalized spacial score (nSPS) is 16.4. The molecule has 0 spiro atoms. The fourth-order valence-corrected chi connectivity index (χ4v) is 5.81. The number of nitrogens with two attached hydrogens (primary N) is 2. The summed E-state index contributed by atoms with van der Waals surface area (Å²) in [5.41, 5.74) is 11.2. The first-order valence-corrected chi connectivity index (χ1v) is 17.1. The van der Waals surface area contributed by atoms with Crippen LogP contribution >= 0.6 is 0 Å². The summed E-state index contributed by atoms with van der Waals surface area (Å²) in [6, 6.07) is -2.11. The molecule has 1 heterocycles. The van der Waals surface area contributed by atoms with Gasteiger partial charge in [0.05, 0.1) is 0 Å². The molecule has 9 nitrogen and oxygen atoms in total. The summed E-state index contributed by atoms with van der Waals surface area (Å²) >= 11 is 0. The van der Waals surface area contributed by atoms with Gasteiger partial charge in [0.1, 0.15) is 18.1 Å². The number of primary amides is 1. The van der Waals surface area contributed by atoms with Gasteiger partial charge >= 0.3 is 0 Å². The van der Waals surface area contributed by atoms with Gasteiger partial charge in [0.2, 0.25) is 23.6 Å². The van der Waals surface area contributed by atoms with Crippen LogP contribution in [0.5, 0.6) is 0 Å². The lowest BCUT2D eigenvalue weighted by Crippen LogP contribution is -2.56. The van der Waals surface area contributed by atoms with Gasteiger partial charge in [-0.2, -0.15) is 0 Å². The topological polar surface area (TPSA) is 148 Å². The second-order valence-corrected chi connectivity index (χ2v) is 12.7. The Morgan fingerprint density at radius 2 is 1.36 bits per heavy atom. The third-order valence-electron chi connectivity index (χ3n) is 8.29. The highest BCUT2D eigenvalue weighted by atomic mass is 16.2. The van der Waals surface area contributed by atoms with E-state index in [1.54, 1.807) is 4.90 Å². The molecule has 0 radical (unpaired) electrons. The number of rotatable bonds is 25. The molecule has 1 aliphatic rings. The summed E-state index contributed by atoms with van der Waals surface area (Å²) in [6.45, 7) is 7.14. The van der Waals surface area contributed by atoms with E-state index in [-0.39, 0.29) is 23.6 Å². The second-order valence-electron chi connectivity index (χ2n) is 12.7. The molecule has 1 rings (SSSR count). The molecule has 42 heavy (non-hydrogen) atoms. The van der Waals surface area contributed by atoms with Crippen LogP contribution in [0.2, 0.25) is 0 Å². The molecule has 0 unspecified atom stereocenters. The van der Waals surface area contributed by atoms with Crippen LogP contribution in [0.4, 0.5) is 0 Å². The van der Waals surface area contributed by atoms with Crippen molar-refractivity contribution in [1.82, 2.24) is 15.5 Å². The summed E-state index contributed by atoms with van der Waals surface area (Å²) in [5.74, 6) is -1.10. The Labute approximate surface area is 256 Å². The Hall–Kier alpha value is -2.16. The van der Waals surface area contributed by atoms with E-state index in [9.17, 15) is 19.2 Å². The number of hydrogen-bond donors (Lipinski definition) is 4. The van der Waals surface area contributed by atoms with Gasteiger partial charge < -0.3 is 27.0 Å². The number of carbonyl (C=O) groups excluding carboxylic acids is 4. The highest BCUT2D eigenvalue weighted by Gasteiger charge is 2.38. The van der Waals surface area contributed by atoms with Crippen molar-refractivity contribution in [3.8, 4) is 0 Å². The number of unbranched alkanes of at least 4 members (excludes halogenated alkanes) is 13. The Kier molecular flexibility index (Phi) is 21.0. The first-order valence-electron chi connectivity index (χ1n) is 17.1. The van der Waals surface area contributed by atoms with Gasteiger partial charge in [0.15, 0.2) is 0 Å². The number of hydrogen-bond acceptors (Lipinski definition) is 5. The number of amides is 4. The Balaban J connectivity index is 2.49.